The van der Waals surface area contributed by atoms with Crippen LogP contribution in [0, 0.1) is 10.8 Å². The fraction of sp³-hybridized carbons (Fsp3) is 0.789. The van der Waals surface area contributed by atoms with Crippen molar-refractivity contribution in [2.45, 2.75) is 39.0 Å². The standard InChI is InChI=1S/C19H30N4O2/c1-18(2)4-7-22(13-18)17(24)23-12-16(15-10-20-21(3)11-15)19(14-23)5-8-25-9-6-19/h10-11,16H,4-9,12-14H2,1-3H3. The molecule has 4 heterocycles. The first kappa shape index (κ1) is 16.9. The third-order valence-electron chi connectivity index (χ3n) is 6.48. The van der Waals surface area contributed by atoms with Crippen LogP contribution in [-0.4, -0.2) is 65.0 Å². The van der Waals surface area contributed by atoms with E-state index in [1.807, 2.05) is 17.9 Å². The summed E-state index contributed by atoms with van der Waals surface area (Å²) in [6.45, 7) is 9.52. The van der Waals surface area contributed by atoms with Crippen LogP contribution in [0.1, 0.15) is 44.6 Å². The summed E-state index contributed by atoms with van der Waals surface area (Å²) < 4.78 is 7.50. The molecular formula is C19H30N4O2. The number of carbonyl (C=O) groups excluding carboxylic acids is 1. The summed E-state index contributed by atoms with van der Waals surface area (Å²) in [5.74, 6) is 0.365. The molecular weight excluding hydrogens is 316 g/mol. The van der Waals surface area contributed by atoms with Crippen LogP contribution >= 0.6 is 0 Å². The van der Waals surface area contributed by atoms with Crippen molar-refractivity contribution in [3.8, 4) is 0 Å². The smallest absolute Gasteiger partial charge is 0.320 e. The van der Waals surface area contributed by atoms with Crippen molar-refractivity contribution in [3.63, 3.8) is 0 Å². The minimum absolute atomic E-state index is 0.145. The number of likely N-dealkylation sites (tertiary alicyclic amines) is 2. The maximum absolute atomic E-state index is 13.1. The number of rotatable bonds is 1. The summed E-state index contributed by atoms with van der Waals surface area (Å²) in [7, 11) is 1.96. The van der Waals surface area contributed by atoms with Crippen LogP contribution in [-0.2, 0) is 11.8 Å². The molecule has 0 saturated carbocycles. The minimum atomic E-state index is 0.145. The number of hydrogen-bond acceptors (Lipinski definition) is 3. The molecule has 1 aromatic rings. The number of ether oxygens (including phenoxy) is 1. The van der Waals surface area contributed by atoms with E-state index in [0.717, 1.165) is 58.7 Å². The molecule has 3 fully saturated rings. The van der Waals surface area contributed by atoms with E-state index in [9.17, 15) is 4.79 Å². The Kier molecular flexibility index (Phi) is 4.06. The van der Waals surface area contributed by atoms with Crippen molar-refractivity contribution in [2.75, 3.05) is 39.4 Å². The number of aryl methyl sites for hydroxylation is 1. The Hall–Kier alpha value is -1.56. The monoisotopic (exact) mass is 346 g/mol. The van der Waals surface area contributed by atoms with Crippen molar-refractivity contribution < 1.29 is 9.53 Å². The molecule has 3 aliphatic rings. The summed E-state index contributed by atoms with van der Waals surface area (Å²) in [4.78, 5) is 17.3. The molecule has 4 rings (SSSR count). The van der Waals surface area contributed by atoms with E-state index in [-0.39, 0.29) is 16.9 Å². The molecule has 3 aliphatic heterocycles. The Bertz CT molecular complexity index is 648. The Balaban J connectivity index is 1.56. The Morgan fingerprint density at radius 2 is 1.96 bits per heavy atom. The molecule has 25 heavy (non-hydrogen) atoms. The van der Waals surface area contributed by atoms with Gasteiger partial charge in [-0.3, -0.25) is 4.68 Å². The molecule has 0 aromatic carbocycles. The highest BCUT2D eigenvalue weighted by molar-refractivity contribution is 5.75. The van der Waals surface area contributed by atoms with Crippen LogP contribution in [0.5, 0.6) is 0 Å². The van der Waals surface area contributed by atoms with Crippen molar-refractivity contribution in [1.29, 1.82) is 0 Å². The fourth-order valence-corrected chi connectivity index (χ4v) is 4.95. The van der Waals surface area contributed by atoms with Gasteiger partial charge in [0.2, 0.25) is 0 Å². The van der Waals surface area contributed by atoms with Crippen molar-refractivity contribution in [3.05, 3.63) is 18.0 Å². The highest BCUT2D eigenvalue weighted by atomic mass is 16.5. The second kappa shape index (κ2) is 6.01. The average molecular weight is 346 g/mol. The van der Waals surface area contributed by atoms with Crippen LogP contribution in [0.4, 0.5) is 4.79 Å². The Morgan fingerprint density at radius 1 is 1.20 bits per heavy atom. The number of amides is 2. The van der Waals surface area contributed by atoms with Crippen molar-refractivity contribution >= 4 is 6.03 Å². The number of aromatic nitrogens is 2. The van der Waals surface area contributed by atoms with Crippen LogP contribution in [0.3, 0.4) is 0 Å². The number of hydrogen-bond donors (Lipinski definition) is 0. The van der Waals surface area contributed by atoms with E-state index in [1.165, 1.54) is 5.56 Å². The van der Waals surface area contributed by atoms with Gasteiger partial charge in [-0.05, 0) is 30.2 Å². The first-order valence-electron chi connectivity index (χ1n) is 9.49. The molecule has 138 valence electrons. The van der Waals surface area contributed by atoms with Gasteiger partial charge in [0.15, 0.2) is 0 Å². The third kappa shape index (κ3) is 3.05. The third-order valence-corrected chi connectivity index (χ3v) is 6.48. The van der Waals surface area contributed by atoms with E-state index in [0.29, 0.717) is 5.92 Å². The van der Waals surface area contributed by atoms with Gasteiger partial charge in [-0.25, -0.2) is 4.79 Å². The number of urea groups is 1. The van der Waals surface area contributed by atoms with Crippen LogP contribution in [0.15, 0.2) is 12.4 Å². The predicted molar refractivity (Wildman–Crippen MR) is 95.4 cm³/mol. The normalized spacial score (nSPS) is 28.0. The zero-order chi connectivity index (χ0) is 17.7. The number of nitrogens with zero attached hydrogens (tertiary/aromatic N) is 4. The Morgan fingerprint density at radius 3 is 2.56 bits per heavy atom. The van der Waals surface area contributed by atoms with E-state index >= 15 is 0 Å². The topological polar surface area (TPSA) is 50.6 Å². The maximum Gasteiger partial charge on any atom is 0.320 e. The summed E-state index contributed by atoms with van der Waals surface area (Å²) in [6, 6.07) is 0.225. The van der Waals surface area contributed by atoms with Gasteiger partial charge in [0.1, 0.15) is 0 Å². The van der Waals surface area contributed by atoms with Crippen LogP contribution in [0.2, 0.25) is 0 Å². The molecule has 6 heteroatoms. The highest BCUT2D eigenvalue weighted by Gasteiger charge is 2.50. The van der Waals surface area contributed by atoms with Gasteiger partial charge in [0.05, 0.1) is 6.20 Å². The maximum atomic E-state index is 13.1. The zero-order valence-corrected chi connectivity index (χ0v) is 15.7. The van der Waals surface area contributed by atoms with Gasteiger partial charge >= 0.3 is 6.03 Å². The minimum Gasteiger partial charge on any atom is -0.381 e. The van der Waals surface area contributed by atoms with Gasteiger partial charge in [-0.2, -0.15) is 5.10 Å². The first-order chi connectivity index (χ1) is 11.9. The molecule has 3 saturated heterocycles. The van der Waals surface area contributed by atoms with Gasteiger partial charge in [0.25, 0.3) is 0 Å². The lowest BCUT2D eigenvalue weighted by molar-refractivity contribution is 0.0129. The molecule has 6 nitrogen and oxygen atoms in total. The van der Waals surface area contributed by atoms with Crippen molar-refractivity contribution in [2.24, 2.45) is 17.9 Å². The van der Waals surface area contributed by atoms with Gasteiger partial charge in [-0.1, -0.05) is 13.8 Å². The molecule has 0 aliphatic carbocycles. The average Bonchev–Trinajstić information content (AvgIpc) is 3.25. The Labute approximate surface area is 150 Å². The largest absolute Gasteiger partial charge is 0.381 e. The summed E-state index contributed by atoms with van der Waals surface area (Å²) in [5, 5.41) is 4.38. The second-order valence-electron chi connectivity index (χ2n) is 8.97. The van der Waals surface area contributed by atoms with E-state index in [4.69, 9.17) is 4.74 Å². The lowest BCUT2D eigenvalue weighted by Crippen LogP contribution is -2.43. The summed E-state index contributed by atoms with van der Waals surface area (Å²) in [5.41, 5.74) is 1.65. The molecule has 0 radical (unpaired) electrons. The molecule has 1 spiro atoms. The molecule has 1 atom stereocenters. The molecule has 1 unspecified atom stereocenters. The lowest BCUT2D eigenvalue weighted by Gasteiger charge is -2.37. The van der Waals surface area contributed by atoms with Gasteiger partial charge in [0, 0.05) is 64.0 Å². The van der Waals surface area contributed by atoms with E-state index < -0.39 is 0 Å². The highest BCUT2D eigenvalue weighted by Crippen LogP contribution is 2.49. The van der Waals surface area contributed by atoms with E-state index in [2.05, 4.69) is 34.9 Å². The number of carbonyl (C=O) groups is 1. The quantitative estimate of drug-likeness (QED) is 0.785. The van der Waals surface area contributed by atoms with E-state index in [1.54, 1.807) is 0 Å². The SMILES string of the molecule is Cn1cc(C2CN(C(=O)N3CCC(C)(C)C3)CC23CCOCC3)cn1. The van der Waals surface area contributed by atoms with Gasteiger partial charge in [-0.15, -0.1) is 0 Å². The first-order valence-corrected chi connectivity index (χ1v) is 9.49. The molecule has 2 amide bonds. The van der Waals surface area contributed by atoms with Crippen LogP contribution in [0.25, 0.3) is 0 Å². The van der Waals surface area contributed by atoms with Crippen molar-refractivity contribution in [1.82, 2.24) is 19.6 Å². The molecule has 1 aromatic heterocycles. The summed E-state index contributed by atoms with van der Waals surface area (Å²) in [6.07, 6.45) is 7.25. The summed E-state index contributed by atoms with van der Waals surface area (Å²) >= 11 is 0. The zero-order valence-electron chi connectivity index (χ0n) is 15.7. The van der Waals surface area contributed by atoms with Gasteiger partial charge < -0.3 is 14.5 Å². The predicted octanol–water partition coefficient (Wildman–Crippen LogP) is 2.47. The van der Waals surface area contributed by atoms with Crippen LogP contribution < -0.4 is 0 Å². The second-order valence-corrected chi connectivity index (χ2v) is 8.97. The fourth-order valence-electron chi connectivity index (χ4n) is 4.95. The molecule has 0 N–H and O–H groups in total. The lowest BCUT2D eigenvalue weighted by atomic mass is 9.70. The molecule has 0 bridgehead atoms.